The molecule has 0 aliphatic heterocycles. The summed E-state index contributed by atoms with van der Waals surface area (Å²) in [5, 5.41) is 8.46. The Kier molecular flexibility index (Phi) is 9.90. The molecular weight excluding hydrogens is 364 g/mol. The van der Waals surface area contributed by atoms with E-state index in [1.807, 2.05) is 24.3 Å². The maximum absolute atomic E-state index is 12.0. The maximum Gasteiger partial charge on any atom is 0.338 e. The van der Waals surface area contributed by atoms with Gasteiger partial charge in [-0.3, -0.25) is 0 Å². The molecule has 0 aliphatic carbocycles. The second-order valence-corrected chi connectivity index (χ2v) is 7.26. The van der Waals surface area contributed by atoms with Crippen molar-refractivity contribution in [2.75, 3.05) is 13.2 Å². The first-order valence-corrected chi connectivity index (χ1v) is 10.5. The minimum absolute atomic E-state index is 0.306. The molecular formula is C24H32N2O3. The van der Waals surface area contributed by atoms with Crippen LogP contribution in [0.25, 0.3) is 0 Å². The molecule has 2 rings (SSSR count). The van der Waals surface area contributed by atoms with Gasteiger partial charge in [-0.1, -0.05) is 46.5 Å². The van der Waals surface area contributed by atoms with Crippen LogP contribution in [0.2, 0.25) is 0 Å². The molecule has 0 spiro atoms. The molecule has 0 amide bonds. The molecule has 0 radical (unpaired) electrons. The lowest BCUT2D eigenvalue weighted by atomic mass is 10.1. The minimum atomic E-state index is -0.306. The van der Waals surface area contributed by atoms with Gasteiger partial charge in [-0.2, -0.15) is 10.2 Å². The topological polar surface area (TPSA) is 60.2 Å². The summed E-state index contributed by atoms with van der Waals surface area (Å²) < 4.78 is 11.0. The Balaban J connectivity index is 1.82. The van der Waals surface area contributed by atoms with Crippen molar-refractivity contribution in [2.45, 2.75) is 52.9 Å². The molecule has 0 fully saturated rings. The van der Waals surface area contributed by atoms with Crippen LogP contribution in [0.15, 0.2) is 58.8 Å². The zero-order valence-corrected chi connectivity index (χ0v) is 17.8. The molecule has 5 nitrogen and oxygen atoms in total. The van der Waals surface area contributed by atoms with Crippen LogP contribution in [0.1, 0.15) is 63.2 Å². The first-order valence-electron chi connectivity index (χ1n) is 10.5. The highest BCUT2D eigenvalue weighted by Gasteiger charge is 2.09. The Bertz CT molecular complexity index is 755. The molecule has 0 unspecified atom stereocenters. The molecule has 156 valence electrons. The molecule has 0 saturated heterocycles. The highest BCUT2D eigenvalue weighted by atomic mass is 16.5. The molecule has 0 heterocycles. The van der Waals surface area contributed by atoms with Gasteiger partial charge in [0.15, 0.2) is 0 Å². The van der Waals surface area contributed by atoms with Gasteiger partial charge in [-0.15, -0.1) is 0 Å². The SMILES string of the molecule is CCCCCCOc1ccc(N=Nc2ccc(C(=O)OC[C@@H](C)CC)cc2)cc1. The van der Waals surface area contributed by atoms with Gasteiger partial charge in [0, 0.05) is 0 Å². The Morgan fingerprint density at radius 2 is 1.52 bits per heavy atom. The minimum Gasteiger partial charge on any atom is -0.494 e. The summed E-state index contributed by atoms with van der Waals surface area (Å²) in [6.45, 7) is 7.52. The summed E-state index contributed by atoms with van der Waals surface area (Å²) in [5.74, 6) is 0.907. The van der Waals surface area contributed by atoms with E-state index in [9.17, 15) is 4.79 Å². The van der Waals surface area contributed by atoms with E-state index in [0.717, 1.165) is 30.9 Å². The zero-order chi connectivity index (χ0) is 20.9. The highest BCUT2D eigenvalue weighted by Crippen LogP contribution is 2.22. The second kappa shape index (κ2) is 12.7. The monoisotopic (exact) mass is 396 g/mol. The van der Waals surface area contributed by atoms with Crippen LogP contribution in [0.4, 0.5) is 11.4 Å². The van der Waals surface area contributed by atoms with Crippen molar-refractivity contribution >= 4 is 17.3 Å². The van der Waals surface area contributed by atoms with Crippen LogP contribution in [0, 0.1) is 5.92 Å². The number of esters is 1. The van der Waals surface area contributed by atoms with E-state index in [1.54, 1.807) is 24.3 Å². The van der Waals surface area contributed by atoms with Gasteiger partial charge < -0.3 is 9.47 Å². The van der Waals surface area contributed by atoms with Crippen molar-refractivity contribution < 1.29 is 14.3 Å². The average Bonchev–Trinajstić information content (AvgIpc) is 2.76. The molecule has 1 atom stereocenters. The fourth-order valence-electron chi connectivity index (χ4n) is 2.53. The first-order chi connectivity index (χ1) is 14.1. The van der Waals surface area contributed by atoms with E-state index in [4.69, 9.17) is 9.47 Å². The van der Waals surface area contributed by atoms with Gasteiger partial charge in [0.25, 0.3) is 0 Å². The normalized spacial score (nSPS) is 12.1. The molecule has 5 heteroatoms. The molecule has 0 saturated carbocycles. The van der Waals surface area contributed by atoms with Crippen LogP contribution in [0.3, 0.4) is 0 Å². The van der Waals surface area contributed by atoms with Crippen molar-refractivity contribution in [1.29, 1.82) is 0 Å². The summed E-state index contributed by atoms with van der Waals surface area (Å²) in [7, 11) is 0. The largest absolute Gasteiger partial charge is 0.494 e. The number of benzene rings is 2. The summed E-state index contributed by atoms with van der Waals surface area (Å²) in [5.41, 5.74) is 1.95. The number of carbonyl (C=O) groups excluding carboxylic acids is 1. The fourth-order valence-corrected chi connectivity index (χ4v) is 2.53. The van der Waals surface area contributed by atoms with Gasteiger partial charge in [0.05, 0.1) is 30.2 Å². The third kappa shape index (κ3) is 8.46. The van der Waals surface area contributed by atoms with Gasteiger partial charge in [-0.25, -0.2) is 4.79 Å². The molecule has 29 heavy (non-hydrogen) atoms. The Morgan fingerprint density at radius 3 is 2.10 bits per heavy atom. The molecule has 0 bridgehead atoms. The standard InChI is InChI=1S/C24H32N2O3/c1-4-6-7-8-17-28-23-15-13-22(14-16-23)26-25-21-11-9-20(10-12-21)24(27)29-18-19(3)5-2/h9-16,19H,4-8,17-18H2,1-3H3/t19-/m0/s1. The van der Waals surface area contributed by atoms with Crippen LogP contribution < -0.4 is 4.74 Å². The number of ether oxygens (including phenoxy) is 2. The second-order valence-electron chi connectivity index (χ2n) is 7.26. The number of nitrogens with zero attached hydrogens (tertiary/aromatic N) is 2. The Labute approximate surface area is 174 Å². The Morgan fingerprint density at radius 1 is 0.897 bits per heavy atom. The van der Waals surface area contributed by atoms with E-state index in [1.165, 1.54) is 19.3 Å². The van der Waals surface area contributed by atoms with Crippen molar-refractivity contribution in [3.05, 3.63) is 54.1 Å². The lowest BCUT2D eigenvalue weighted by Gasteiger charge is -2.09. The summed E-state index contributed by atoms with van der Waals surface area (Å²) in [6.07, 6.45) is 5.75. The molecule has 0 N–H and O–H groups in total. The maximum atomic E-state index is 12.0. The van der Waals surface area contributed by atoms with Crippen LogP contribution in [-0.2, 0) is 4.74 Å². The molecule has 2 aromatic rings. The van der Waals surface area contributed by atoms with Gasteiger partial charge in [-0.05, 0) is 60.9 Å². The highest BCUT2D eigenvalue weighted by molar-refractivity contribution is 5.89. The molecule has 2 aromatic carbocycles. The zero-order valence-electron chi connectivity index (χ0n) is 17.8. The van der Waals surface area contributed by atoms with Gasteiger partial charge in [0.2, 0.25) is 0 Å². The number of hydrogen-bond donors (Lipinski definition) is 0. The van der Waals surface area contributed by atoms with Gasteiger partial charge >= 0.3 is 5.97 Å². The van der Waals surface area contributed by atoms with Crippen molar-refractivity contribution in [1.82, 2.24) is 0 Å². The first kappa shape index (κ1) is 22.6. The number of rotatable bonds is 12. The van der Waals surface area contributed by atoms with Crippen LogP contribution >= 0.6 is 0 Å². The van der Waals surface area contributed by atoms with E-state index >= 15 is 0 Å². The number of azo groups is 1. The smallest absolute Gasteiger partial charge is 0.338 e. The van der Waals surface area contributed by atoms with E-state index < -0.39 is 0 Å². The number of unbranched alkanes of at least 4 members (excludes halogenated alkanes) is 3. The third-order valence-corrected chi connectivity index (χ3v) is 4.68. The lowest BCUT2D eigenvalue weighted by molar-refractivity contribution is 0.0447. The number of carbonyl (C=O) groups is 1. The summed E-state index contributed by atoms with van der Waals surface area (Å²) >= 11 is 0. The van der Waals surface area contributed by atoms with E-state index in [2.05, 4.69) is 31.0 Å². The van der Waals surface area contributed by atoms with E-state index in [0.29, 0.717) is 23.8 Å². The average molecular weight is 397 g/mol. The quantitative estimate of drug-likeness (QED) is 0.215. The van der Waals surface area contributed by atoms with Crippen molar-refractivity contribution in [2.24, 2.45) is 16.1 Å². The van der Waals surface area contributed by atoms with Crippen LogP contribution in [0.5, 0.6) is 5.75 Å². The number of hydrogen-bond acceptors (Lipinski definition) is 5. The summed E-state index contributed by atoms with van der Waals surface area (Å²) in [4.78, 5) is 12.0. The van der Waals surface area contributed by atoms with Crippen LogP contribution in [-0.4, -0.2) is 19.2 Å². The van der Waals surface area contributed by atoms with Gasteiger partial charge in [0.1, 0.15) is 5.75 Å². The fraction of sp³-hybridized carbons (Fsp3) is 0.458. The predicted molar refractivity (Wildman–Crippen MR) is 116 cm³/mol. The lowest BCUT2D eigenvalue weighted by Crippen LogP contribution is -2.11. The summed E-state index contributed by atoms with van der Waals surface area (Å²) in [6, 6.07) is 14.5. The Hall–Kier alpha value is -2.69. The van der Waals surface area contributed by atoms with Crippen molar-refractivity contribution in [3.63, 3.8) is 0 Å². The molecule has 0 aromatic heterocycles. The third-order valence-electron chi connectivity index (χ3n) is 4.68. The molecule has 0 aliphatic rings. The predicted octanol–water partition coefficient (Wildman–Crippen LogP) is 7.26. The van der Waals surface area contributed by atoms with E-state index in [-0.39, 0.29) is 5.97 Å². The van der Waals surface area contributed by atoms with Crippen molar-refractivity contribution in [3.8, 4) is 5.75 Å².